The van der Waals surface area contributed by atoms with E-state index in [4.69, 9.17) is 9.84 Å². The summed E-state index contributed by atoms with van der Waals surface area (Å²) in [6.45, 7) is 0. The van der Waals surface area contributed by atoms with Gasteiger partial charge in [0, 0.05) is 17.4 Å². The molecule has 4 heteroatoms. The molecule has 0 saturated carbocycles. The lowest BCUT2D eigenvalue weighted by molar-refractivity contribution is -0.136. The van der Waals surface area contributed by atoms with Crippen molar-refractivity contribution in [1.82, 2.24) is 0 Å². The number of aromatic hydroxyl groups is 1. The summed E-state index contributed by atoms with van der Waals surface area (Å²) in [5.41, 5.74) is 0.540. The summed E-state index contributed by atoms with van der Waals surface area (Å²) in [6, 6.07) is 9.19. The zero-order valence-electron chi connectivity index (χ0n) is 10.0. The van der Waals surface area contributed by atoms with E-state index in [2.05, 4.69) is 0 Å². The van der Waals surface area contributed by atoms with Gasteiger partial charge in [-0.3, -0.25) is 4.79 Å². The Balaban J connectivity index is 2.55. The third-order valence-corrected chi connectivity index (χ3v) is 2.89. The number of hydrogen-bond acceptors (Lipinski definition) is 3. The van der Waals surface area contributed by atoms with Crippen LogP contribution in [0.3, 0.4) is 0 Å². The van der Waals surface area contributed by atoms with Crippen LogP contribution in [0.4, 0.5) is 0 Å². The second kappa shape index (κ2) is 4.96. The van der Waals surface area contributed by atoms with E-state index < -0.39 is 5.97 Å². The van der Waals surface area contributed by atoms with Gasteiger partial charge in [0.15, 0.2) is 0 Å². The summed E-state index contributed by atoms with van der Waals surface area (Å²) in [4.78, 5) is 10.6. The average molecular weight is 246 g/mol. The lowest BCUT2D eigenvalue weighted by Crippen LogP contribution is -2.00. The van der Waals surface area contributed by atoms with Gasteiger partial charge in [0.25, 0.3) is 0 Å². The number of phenolic OH excluding ortho intramolecular Hbond substituents is 1. The van der Waals surface area contributed by atoms with Crippen molar-refractivity contribution >= 4 is 16.7 Å². The van der Waals surface area contributed by atoms with E-state index in [1.807, 2.05) is 24.3 Å². The Kier molecular flexibility index (Phi) is 3.37. The summed E-state index contributed by atoms with van der Waals surface area (Å²) >= 11 is 0. The highest BCUT2D eigenvalue weighted by atomic mass is 16.5. The fourth-order valence-corrected chi connectivity index (χ4v) is 2.00. The largest absolute Gasteiger partial charge is 0.507 e. The van der Waals surface area contributed by atoms with E-state index in [9.17, 15) is 9.90 Å². The first kappa shape index (κ1) is 12.2. The van der Waals surface area contributed by atoms with Crippen molar-refractivity contribution in [2.45, 2.75) is 12.8 Å². The maximum Gasteiger partial charge on any atom is 0.303 e. The van der Waals surface area contributed by atoms with Gasteiger partial charge in [-0.1, -0.05) is 24.3 Å². The van der Waals surface area contributed by atoms with Gasteiger partial charge in [-0.2, -0.15) is 0 Å². The molecule has 0 heterocycles. The molecule has 18 heavy (non-hydrogen) atoms. The minimum Gasteiger partial charge on any atom is -0.507 e. The molecule has 0 aliphatic carbocycles. The smallest absolute Gasteiger partial charge is 0.303 e. The van der Waals surface area contributed by atoms with E-state index >= 15 is 0 Å². The Morgan fingerprint density at radius 1 is 1.33 bits per heavy atom. The summed E-state index contributed by atoms with van der Waals surface area (Å²) in [6.07, 6.45) is 0.206. The zero-order valence-corrected chi connectivity index (χ0v) is 10.0. The Morgan fingerprint density at radius 3 is 2.72 bits per heavy atom. The maximum atomic E-state index is 10.6. The lowest BCUT2D eigenvalue weighted by atomic mass is 10.0. The second-order valence-electron chi connectivity index (χ2n) is 4.02. The van der Waals surface area contributed by atoms with Crippen LogP contribution in [0, 0.1) is 0 Å². The van der Waals surface area contributed by atoms with Gasteiger partial charge in [0.2, 0.25) is 0 Å². The van der Waals surface area contributed by atoms with Crippen molar-refractivity contribution in [3.05, 3.63) is 35.9 Å². The molecular formula is C14H14O4. The zero-order chi connectivity index (χ0) is 13.1. The van der Waals surface area contributed by atoms with Crippen LogP contribution >= 0.6 is 0 Å². The van der Waals surface area contributed by atoms with Gasteiger partial charge in [-0.15, -0.1) is 0 Å². The summed E-state index contributed by atoms with van der Waals surface area (Å²) in [5, 5.41) is 20.5. The minimum atomic E-state index is -0.899. The average Bonchev–Trinajstić information content (AvgIpc) is 2.37. The number of carboxylic acids is 1. The number of ether oxygens (including phenoxy) is 1. The van der Waals surface area contributed by atoms with Gasteiger partial charge in [0.1, 0.15) is 11.5 Å². The first-order valence-electron chi connectivity index (χ1n) is 5.63. The summed E-state index contributed by atoms with van der Waals surface area (Å²) < 4.78 is 5.21. The molecule has 4 nitrogen and oxygen atoms in total. The normalized spacial score (nSPS) is 10.5. The highest BCUT2D eigenvalue weighted by Crippen LogP contribution is 2.36. The van der Waals surface area contributed by atoms with Gasteiger partial charge < -0.3 is 14.9 Å². The van der Waals surface area contributed by atoms with Crippen LogP contribution < -0.4 is 4.74 Å². The number of aliphatic carboxylic acids is 1. The summed E-state index contributed by atoms with van der Waals surface area (Å²) in [5.74, 6) is -0.275. The predicted molar refractivity (Wildman–Crippen MR) is 68.1 cm³/mol. The van der Waals surface area contributed by atoms with Crippen molar-refractivity contribution in [2.24, 2.45) is 0 Å². The second-order valence-corrected chi connectivity index (χ2v) is 4.02. The highest BCUT2D eigenvalue weighted by molar-refractivity contribution is 5.91. The molecule has 0 fully saturated rings. The van der Waals surface area contributed by atoms with Crippen LogP contribution in [0.1, 0.15) is 12.0 Å². The van der Waals surface area contributed by atoms with Crippen LogP contribution in [0.15, 0.2) is 30.3 Å². The number of carboxylic acid groups (broad SMARTS) is 1. The van der Waals surface area contributed by atoms with E-state index in [1.165, 1.54) is 7.11 Å². The Hall–Kier alpha value is -2.23. The quantitative estimate of drug-likeness (QED) is 0.870. The SMILES string of the molecule is COc1cc2ccccc2c(O)c1CCC(=O)O. The van der Waals surface area contributed by atoms with Crippen molar-refractivity contribution < 1.29 is 19.7 Å². The van der Waals surface area contributed by atoms with Crippen molar-refractivity contribution in [2.75, 3.05) is 7.11 Å². The third kappa shape index (κ3) is 2.22. The molecule has 2 rings (SSSR count). The predicted octanol–water partition coefficient (Wildman–Crippen LogP) is 2.57. The molecule has 0 aliphatic heterocycles. The molecule has 2 aromatic carbocycles. The van der Waals surface area contributed by atoms with Crippen LogP contribution in [-0.2, 0) is 11.2 Å². The molecule has 0 spiro atoms. The summed E-state index contributed by atoms with van der Waals surface area (Å²) in [7, 11) is 1.51. The highest BCUT2D eigenvalue weighted by Gasteiger charge is 2.14. The monoisotopic (exact) mass is 246 g/mol. The fraction of sp³-hybridized carbons (Fsp3) is 0.214. The minimum absolute atomic E-state index is 0.0394. The molecule has 2 N–H and O–H groups in total. The first-order valence-corrected chi connectivity index (χ1v) is 5.63. The number of phenols is 1. The number of methoxy groups -OCH3 is 1. The van der Waals surface area contributed by atoms with Crippen LogP contribution in [0.2, 0.25) is 0 Å². The molecular weight excluding hydrogens is 232 g/mol. The standard InChI is InChI=1S/C14H14O4/c1-18-12-8-9-4-2-3-5-10(9)14(17)11(12)6-7-13(15)16/h2-5,8,17H,6-7H2,1H3,(H,15,16). The molecule has 2 aromatic rings. The molecule has 0 saturated heterocycles. The number of hydrogen-bond donors (Lipinski definition) is 2. The van der Waals surface area contributed by atoms with Crippen molar-refractivity contribution in [3.63, 3.8) is 0 Å². The van der Waals surface area contributed by atoms with Gasteiger partial charge in [-0.05, 0) is 17.9 Å². The number of carbonyl (C=O) groups is 1. The first-order chi connectivity index (χ1) is 8.63. The van der Waals surface area contributed by atoms with Crippen LogP contribution in [0.5, 0.6) is 11.5 Å². The van der Waals surface area contributed by atoms with Gasteiger partial charge >= 0.3 is 5.97 Å². The van der Waals surface area contributed by atoms with Gasteiger partial charge in [-0.25, -0.2) is 0 Å². The Labute approximate surface area is 104 Å². The Morgan fingerprint density at radius 2 is 2.06 bits per heavy atom. The van der Waals surface area contributed by atoms with E-state index in [0.717, 1.165) is 5.39 Å². The fourth-order valence-electron chi connectivity index (χ4n) is 2.00. The lowest BCUT2D eigenvalue weighted by Gasteiger charge is -2.12. The maximum absolute atomic E-state index is 10.6. The van der Waals surface area contributed by atoms with Crippen molar-refractivity contribution in [3.8, 4) is 11.5 Å². The van der Waals surface area contributed by atoms with E-state index in [0.29, 0.717) is 16.7 Å². The molecule has 0 atom stereocenters. The number of rotatable bonds is 4. The molecule has 94 valence electrons. The van der Waals surface area contributed by atoms with Gasteiger partial charge in [0.05, 0.1) is 7.11 Å². The molecule has 0 radical (unpaired) electrons. The number of fused-ring (bicyclic) bond motifs is 1. The van der Waals surface area contributed by atoms with Crippen LogP contribution in [0.25, 0.3) is 10.8 Å². The van der Waals surface area contributed by atoms with Crippen molar-refractivity contribution in [1.29, 1.82) is 0 Å². The number of benzene rings is 2. The van der Waals surface area contributed by atoms with E-state index in [-0.39, 0.29) is 18.6 Å². The Bertz CT molecular complexity index is 590. The molecule has 0 aliphatic rings. The van der Waals surface area contributed by atoms with E-state index in [1.54, 1.807) is 6.07 Å². The third-order valence-electron chi connectivity index (χ3n) is 2.89. The molecule has 0 aromatic heterocycles. The molecule has 0 amide bonds. The molecule has 0 unspecified atom stereocenters. The van der Waals surface area contributed by atoms with Crippen LogP contribution in [-0.4, -0.2) is 23.3 Å². The molecule has 0 bridgehead atoms. The topological polar surface area (TPSA) is 66.8 Å².